The summed E-state index contributed by atoms with van der Waals surface area (Å²) in [6, 6.07) is 7.44. The largest absolute Gasteiger partial charge is 0.331 e. The minimum atomic E-state index is -0.155. The van der Waals surface area contributed by atoms with Crippen LogP contribution in [0.25, 0.3) is 11.3 Å². The topological polar surface area (TPSA) is 50.2 Å². The Balaban J connectivity index is 2.29. The molecule has 2 amide bonds. The summed E-state index contributed by atoms with van der Waals surface area (Å²) >= 11 is 3.47. The summed E-state index contributed by atoms with van der Waals surface area (Å²) in [6.45, 7) is 0. The molecule has 2 rings (SSSR count). The van der Waals surface area contributed by atoms with Crippen molar-refractivity contribution in [3.63, 3.8) is 0 Å². The van der Waals surface area contributed by atoms with Gasteiger partial charge in [0.05, 0.1) is 4.47 Å². The Morgan fingerprint density at radius 1 is 1.42 bits per heavy atom. The monoisotopic (exact) mass is 322 g/mol. The van der Waals surface area contributed by atoms with Crippen LogP contribution in [-0.4, -0.2) is 34.8 Å². The van der Waals surface area contributed by atoms with E-state index in [2.05, 4.69) is 26.3 Å². The molecule has 5 nitrogen and oxygen atoms in total. The van der Waals surface area contributed by atoms with Crippen LogP contribution in [0.15, 0.2) is 34.9 Å². The molecular formula is C13H15BrN4O. The number of aryl methyl sites for hydroxylation is 1. The first-order valence-corrected chi connectivity index (χ1v) is 6.54. The highest BCUT2D eigenvalue weighted by atomic mass is 79.9. The minimum absolute atomic E-state index is 0.155. The van der Waals surface area contributed by atoms with Gasteiger partial charge in [-0.05, 0) is 28.1 Å². The molecule has 0 atom stereocenters. The summed E-state index contributed by atoms with van der Waals surface area (Å²) in [5.74, 6) is 0. The maximum atomic E-state index is 11.6. The second kappa shape index (κ2) is 5.44. The van der Waals surface area contributed by atoms with Crippen molar-refractivity contribution in [3.05, 3.63) is 34.9 Å². The molecule has 6 heteroatoms. The van der Waals surface area contributed by atoms with E-state index in [9.17, 15) is 4.79 Å². The fourth-order valence-corrected chi connectivity index (χ4v) is 2.24. The van der Waals surface area contributed by atoms with Crippen LogP contribution in [-0.2, 0) is 7.05 Å². The molecule has 0 saturated heterocycles. The van der Waals surface area contributed by atoms with E-state index >= 15 is 0 Å². The maximum absolute atomic E-state index is 11.6. The maximum Gasteiger partial charge on any atom is 0.321 e. The molecule has 0 fully saturated rings. The standard InChI is InChI=1S/C13H15BrN4O/c1-17(2)13(19)15-10-6-4-5-9(7-10)12-11(14)8-18(3)16-12/h4-8H,1-3H3,(H,15,19). The molecule has 0 aliphatic heterocycles. The van der Waals surface area contributed by atoms with Gasteiger partial charge in [-0.2, -0.15) is 5.10 Å². The van der Waals surface area contributed by atoms with E-state index in [-0.39, 0.29) is 6.03 Å². The number of aromatic nitrogens is 2. The van der Waals surface area contributed by atoms with Gasteiger partial charge in [0.15, 0.2) is 0 Å². The third-order valence-electron chi connectivity index (χ3n) is 2.58. The quantitative estimate of drug-likeness (QED) is 0.924. The number of amides is 2. The van der Waals surface area contributed by atoms with Crippen LogP contribution in [0.1, 0.15) is 0 Å². The van der Waals surface area contributed by atoms with Gasteiger partial charge in [0.25, 0.3) is 0 Å². The van der Waals surface area contributed by atoms with E-state index in [4.69, 9.17) is 0 Å². The average Bonchev–Trinajstić information content (AvgIpc) is 2.68. The van der Waals surface area contributed by atoms with E-state index in [0.29, 0.717) is 0 Å². The lowest BCUT2D eigenvalue weighted by Crippen LogP contribution is -2.27. The number of carbonyl (C=O) groups is 1. The van der Waals surface area contributed by atoms with Crippen molar-refractivity contribution in [2.24, 2.45) is 7.05 Å². The summed E-state index contributed by atoms with van der Waals surface area (Å²) in [5, 5.41) is 7.20. The van der Waals surface area contributed by atoms with Gasteiger partial charge >= 0.3 is 6.03 Å². The molecule has 100 valence electrons. The average molecular weight is 323 g/mol. The smallest absolute Gasteiger partial charge is 0.321 e. The molecule has 0 aliphatic rings. The van der Waals surface area contributed by atoms with Crippen LogP contribution in [0, 0.1) is 0 Å². The zero-order valence-corrected chi connectivity index (χ0v) is 12.6. The second-order valence-electron chi connectivity index (χ2n) is 4.40. The molecule has 19 heavy (non-hydrogen) atoms. The van der Waals surface area contributed by atoms with Gasteiger partial charge in [-0.15, -0.1) is 0 Å². The molecule has 0 radical (unpaired) electrons. The summed E-state index contributed by atoms with van der Waals surface area (Å²) in [6.07, 6.45) is 1.89. The molecular weight excluding hydrogens is 308 g/mol. The molecule has 0 saturated carbocycles. The Morgan fingerprint density at radius 3 is 2.74 bits per heavy atom. The first kappa shape index (κ1) is 13.6. The molecule has 0 bridgehead atoms. The number of hydrogen-bond donors (Lipinski definition) is 1. The number of carbonyl (C=O) groups excluding carboxylic acids is 1. The predicted molar refractivity (Wildman–Crippen MR) is 79.0 cm³/mol. The zero-order chi connectivity index (χ0) is 14.0. The highest BCUT2D eigenvalue weighted by molar-refractivity contribution is 9.10. The Labute approximate surface area is 120 Å². The normalized spacial score (nSPS) is 10.3. The number of halogens is 1. The summed E-state index contributed by atoms with van der Waals surface area (Å²) in [7, 11) is 5.27. The number of rotatable bonds is 2. The van der Waals surface area contributed by atoms with E-state index in [1.54, 1.807) is 18.8 Å². The van der Waals surface area contributed by atoms with Crippen LogP contribution in [0.2, 0.25) is 0 Å². The van der Waals surface area contributed by atoms with Crippen LogP contribution < -0.4 is 5.32 Å². The molecule has 1 aromatic heterocycles. The van der Waals surface area contributed by atoms with Gasteiger partial charge < -0.3 is 10.2 Å². The van der Waals surface area contributed by atoms with Gasteiger partial charge in [-0.25, -0.2) is 4.79 Å². The second-order valence-corrected chi connectivity index (χ2v) is 5.26. The fourth-order valence-electron chi connectivity index (χ4n) is 1.63. The first-order chi connectivity index (χ1) is 8.97. The van der Waals surface area contributed by atoms with Gasteiger partial charge in [0, 0.05) is 38.6 Å². The van der Waals surface area contributed by atoms with Crippen LogP contribution >= 0.6 is 15.9 Å². The number of urea groups is 1. The SMILES string of the molecule is CN(C)C(=O)Nc1cccc(-c2nn(C)cc2Br)c1. The number of benzene rings is 1. The van der Waals surface area contributed by atoms with Gasteiger partial charge in [0.2, 0.25) is 0 Å². The van der Waals surface area contributed by atoms with Gasteiger partial charge in [-0.3, -0.25) is 4.68 Å². The van der Waals surface area contributed by atoms with Crippen molar-refractivity contribution < 1.29 is 4.79 Å². The first-order valence-electron chi connectivity index (χ1n) is 5.75. The van der Waals surface area contributed by atoms with Gasteiger partial charge in [-0.1, -0.05) is 12.1 Å². The molecule has 1 N–H and O–H groups in total. The Kier molecular flexibility index (Phi) is 3.90. The highest BCUT2D eigenvalue weighted by Gasteiger charge is 2.09. The van der Waals surface area contributed by atoms with E-state index in [1.807, 2.05) is 37.5 Å². The fraction of sp³-hybridized carbons (Fsp3) is 0.231. The highest BCUT2D eigenvalue weighted by Crippen LogP contribution is 2.28. The van der Waals surface area contributed by atoms with Crippen LogP contribution in [0.4, 0.5) is 10.5 Å². The predicted octanol–water partition coefficient (Wildman–Crippen LogP) is 2.94. The van der Waals surface area contributed by atoms with E-state index in [1.165, 1.54) is 4.90 Å². The molecule has 0 unspecified atom stereocenters. The van der Waals surface area contributed by atoms with Crippen LogP contribution in [0.5, 0.6) is 0 Å². The lowest BCUT2D eigenvalue weighted by atomic mass is 10.1. The summed E-state index contributed by atoms with van der Waals surface area (Å²) in [5.41, 5.74) is 2.54. The van der Waals surface area contributed by atoms with Crippen molar-refractivity contribution in [2.75, 3.05) is 19.4 Å². The number of anilines is 1. The van der Waals surface area contributed by atoms with Crippen molar-refractivity contribution in [2.45, 2.75) is 0 Å². The van der Waals surface area contributed by atoms with Crippen molar-refractivity contribution in [1.82, 2.24) is 14.7 Å². The van der Waals surface area contributed by atoms with E-state index < -0.39 is 0 Å². The Hall–Kier alpha value is -1.82. The third-order valence-corrected chi connectivity index (χ3v) is 3.16. The zero-order valence-electron chi connectivity index (χ0n) is 11.0. The van der Waals surface area contributed by atoms with Crippen molar-refractivity contribution in [3.8, 4) is 11.3 Å². The Morgan fingerprint density at radius 2 is 2.16 bits per heavy atom. The lowest BCUT2D eigenvalue weighted by molar-refractivity contribution is 0.230. The number of nitrogens with zero attached hydrogens (tertiary/aromatic N) is 3. The van der Waals surface area contributed by atoms with Crippen LogP contribution in [0.3, 0.4) is 0 Å². The molecule has 0 spiro atoms. The molecule has 1 heterocycles. The number of nitrogens with one attached hydrogen (secondary N) is 1. The van der Waals surface area contributed by atoms with E-state index in [0.717, 1.165) is 21.4 Å². The molecule has 2 aromatic rings. The summed E-state index contributed by atoms with van der Waals surface area (Å²) < 4.78 is 2.66. The lowest BCUT2D eigenvalue weighted by Gasteiger charge is -2.12. The Bertz CT molecular complexity index is 606. The van der Waals surface area contributed by atoms with Crippen molar-refractivity contribution >= 4 is 27.6 Å². The minimum Gasteiger partial charge on any atom is -0.331 e. The molecule has 0 aliphatic carbocycles. The number of hydrogen-bond acceptors (Lipinski definition) is 2. The summed E-state index contributed by atoms with van der Waals surface area (Å²) in [4.78, 5) is 13.1. The van der Waals surface area contributed by atoms with Crippen molar-refractivity contribution in [1.29, 1.82) is 0 Å². The third kappa shape index (κ3) is 3.14. The van der Waals surface area contributed by atoms with Gasteiger partial charge in [0.1, 0.15) is 5.69 Å². The molecule has 1 aromatic carbocycles.